The second-order valence-corrected chi connectivity index (χ2v) is 3.19. The Balaban J connectivity index is 3.16. The van der Waals surface area contributed by atoms with E-state index in [1.54, 1.807) is 0 Å². The van der Waals surface area contributed by atoms with Crippen molar-refractivity contribution in [3.8, 4) is 0 Å². The third kappa shape index (κ3) is 1.46. The number of carbonyl (C=O) groups excluding carboxylic acids is 2. The van der Waals surface area contributed by atoms with Gasteiger partial charge in [0.1, 0.15) is 0 Å². The quantitative estimate of drug-likeness (QED) is 0.537. The molecule has 1 rings (SSSR count). The summed E-state index contributed by atoms with van der Waals surface area (Å²) in [6.07, 6.45) is 0.688. The van der Waals surface area contributed by atoms with Gasteiger partial charge in [-0.3, -0.25) is 9.59 Å². The number of anilines is 1. The summed E-state index contributed by atoms with van der Waals surface area (Å²) >= 11 is 1.12. The average Bonchev–Trinajstić information content (AvgIpc) is 2.30. The normalized spacial score (nSPS) is 9.55. The van der Waals surface area contributed by atoms with Crippen LogP contribution in [0.5, 0.6) is 0 Å². The second kappa shape index (κ2) is 2.84. The van der Waals surface area contributed by atoms with Crippen molar-refractivity contribution in [2.75, 3.05) is 5.73 Å². The number of nitrogens with two attached hydrogens (primary N) is 1. The smallest absolute Gasteiger partial charge is 0.171 e. The summed E-state index contributed by atoms with van der Waals surface area (Å²) in [4.78, 5) is 22.0. The number of hydrogen-bond donors (Lipinski definition) is 1. The van der Waals surface area contributed by atoms with E-state index in [1.807, 2.05) is 0 Å². The maximum atomic E-state index is 10.8. The van der Waals surface area contributed by atoms with Crippen LogP contribution in [0.3, 0.4) is 0 Å². The Morgan fingerprint density at radius 2 is 2.36 bits per heavy atom. The minimum Gasteiger partial charge on any atom is -0.397 e. The molecule has 1 aromatic rings. The van der Waals surface area contributed by atoms with Crippen LogP contribution in [0.15, 0.2) is 6.07 Å². The van der Waals surface area contributed by atoms with Crippen LogP contribution < -0.4 is 5.73 Å². The highest BCUT2D eigenvalue weighted by Crippen LogP contribution is 2.23. The van der Waals surface area contributed by atoms with E-state index in [4.69, 9.17) is 5.73 Å². The molecule has 0 aliphatic rings. The first-order valence-corrected chi connectivity index (χ1v) is 3.82. The van der Waals surface area contributed by atoms with Crippen molar-refractivity contribution >= 4 is 29.1 Å². The molecule has 0 aliphatic heterocycles. The summed E-state index contributed by atoms with van der Waals surface area (Å²) in [5, 5.41) is 0. The molecule has 1 heterocycles. The number of ketones is 1. The molecule has 0 atom stereocenters. The summed E-state index contributed by atoms with van der Waals surface area (Å²) in [6.45, 7) is 1.43. The van der Waals surface area contributed by atoms with Gasteiger partial charge in [0.2, 0.25) is 0 Å². The lowest BCUT2D eigenvalue weighted by Crippen LogP contribution is -1.92. The molecule has 0 aliphatic carbocycles. The van der Waals surface area contributed by atoms with E-state index in [-0.39, 0.29) is 5.78 Å². The first kappa shape index (κ1) is 7.94. The van der Waals surface area contributed by atoms with Gasteiger partial charge in [-0.1, -0.05) is 0 Å². The number of thiophene rings is 1. The lowest BCUT2D eigenvalue weighted by molar-refractivity contribution is 0.102. The van der Waals surface area contributed by atoms with Gasteiger partial charge in [-0.2, -0.15) is 0 Å². The van der Waals surface area contributed by atoms with Crippen LogP contribution in [0.1, 0.15) is 26.3 Å². The highest BCUT2D eigenvalue weighted by Gasteiger charge is 2.08. The van der Waals surface area contributed by atoms with Gasteiger partial charge >= 0.3 is 0 Å². The van der Waals surface area contributed by atoms with E-state index in [0.29, 0.717) is 21.7 Å². The lowest BCUT2D eigenvalue weighted by Gasteiger charge is -1.87. The van der Waals surface area contributed by atoms with Crippen molar-refractivity contribution in [3.05, 3.63) is 15.8 Å². The third-order valence-electron chi connectivity index (χ3n) is 1.22. The van der Waals surface area contributed by atoms with E-state index in [9.17, 15) is 9.59 Å². The van der Waals surface area contributed by atoms with Crippen molar-refractivity contribution < 1.29 is 9.59 Å². The molecule has 4 heteroatoms. The van der Waals surface area contributed by atoms with Crippen LogP contribution in [0.2, 0.25) is 0 Å². The average molecular weight is 169 g/mol. The number of carbonyl (C=O) groups is 2. The standard InChI is InChI=1S/C7H7NO2S/c1-4(10)7-6(8)2-5(3-9)11-7/h2-3H,8H2,1H3. The van der Waals surface area contributed by atoms with Crippen molar-refractivity contribution in [1.82, 2.24) is 0 Å². The summed E-state index contributed by atoms with van der Waals surface area (Å²) in [5.74, 6) is -0.0967. The van der Waals surface area contributed by atoms with E-state index in [0.717, 1.165) is 11.3 Å². The topological polar surface area (TPSA) is 60.2 Å². The van der Waals surface area contributed by atoms with Gasteiger partial charge in [0.05, 0.1) is 15.4 Å². The van der Waals surface area contributed by atoms with Crippen LogP contribution in [-0.2, 0) is 0 Å². The Hall–Kier alpha value is -1.16. The molecular weight excluding hydrogens is 162 g/mol. The van der Waals surface area contributed by atoms with Crippen LogP contribution >= 0.6 is 11.3 Å². The molecule has 0 aromatic carbocycles. The zero-order valence-electron chi connectivity index (χ0n) is 5.96. The number of Topliss-reactive ketones (excluding diaryl/α,β-unsaturated/α-hetero) is 1. The largest absolute Gasteiger partial charge is 0.397 e. The van der Waals surface area contributed by atoms with Crippen LogP contribution in [0.4, 0.5) is 5.69 Å². The molecule has 2 N–H and O–H groups in total. The van der Waals surface area contributed by atoms with Gasteiger partial charge < -0.3 is 5.73 Å². The molecule has 3 nitrogen and oxygen atoms in total. The molecule has 0 radical (unpaired) electrons. The van der Waals surface area contributed by atoms with Crippen molar-refractivity contribution in [2.24, 2.45) is 0 Å². The lowest BCUT2D eigenvalue weighted by atomic mass is 10.3. The SMILES string of the molecule is CC(=O)c1sc(C=O)cc1N. The van der Waals surface area contributed by atoms with Crippen molar-refractivity contribution in [1.29, 1.82) is 0 Å². The number of rotatable bonds is 2. The number of nitrogen functional groups attached to an aromatic ring is 1. The Bertz CT molecular complexity index is 303. The Kier molecular flexibility index (Phi) is 2.05. The van der Waals surface area contributed by atoms with Crippen molar-refractivity contribution in [2.45, 2.75) is 6.92 Å². The summed E-state index contributed by atoms with van der Waals surface area (Å²) in [6, 6.07) is 1.51. The summed E-state index contributed by atoms with van der Waals surface area (Å²) < 4.78 is 0. The molecule has 11 heavy (non-hydrogen) atoms. The van der Waals surface area contributed by atoms with Gasteiger partial charge in [-0.05, 0) is 6.07 Å². The first-order chi connectivity index (χ1) is 5.15. The van der Waals surface area contributed by atoms with Crippen LogP contribution in [0, 0.1) is 0 Å². The van der Waals surface area contributed by atoms with E-state index in [2.05, 4.69) is 0 Å². The Morgan fingerprint density at radius 3 is 2.64 bits per heavy atom. The molecular formula is C7H7NO2S. The molecule has 0 spiro atoms. The van der Waals surface area contributed by atoms with Gasteiger partial charge in [0.25, 0.3) is 0 Å². The minimum absolute atomic E-state index is 0.0967. The molecule has 0 amide bonds. The van der Waals surface area contributed by atoms with Gasteiger partial charge in [-0.25, -0.2) is 0 Å². The predicted molar refractivity (Wildman–Crippen MR) is 44.1 cm³/mol. The minimum atomic E-state index is -0.0967. The first-order valence-electron chi connectivity index (χ1n) is 3.00. The third-order valence-corrected chi connectivity index (χ3v) is 2.39. The molecule has 0 bridgehead atoms. The van der Waals surface area contributed by atoms with Gasteiger partial charge in [-0.15, -0.1) is 11.3 Å². The summed E-state index contributed by atoms with van der Waals surface area (Å²) in [7, 11) is 0. The zero-order valence-corrected chi connectivity index (χ0v) is 6.77. The molecule has 0 saturated carbocycles. The maximum absolute atomic E-state index is 10.8. The fraction of sp³-hybridized carbons (Fsp3) is 0.143. The van der Waals surface area contributed by atoms with E-state index < -0.39 is 0 Å². The van der Waals surface area contributed by atoms with Crippen LogP contribution in [0.25, 0.3) is 0 Å². The van der Waals surface area contributed by atoms with E-state index >= 15 is 0 Å². The number of hydrogen-bond acceptors (Lipinski definition) is 4. The molecule has 58 valence electrons. The molecule has 0 fully saturated rings. The molecule has 1 aromatic heterocycles. The van der Waals surface area contributed by atoms with Crippen LogP contribution in [-0.4, -0.2) is 12.1 Å². The van der Waals surface area contributed by atoms with Gasteiger partial charge in [0, 0.05) is 6.92 Å². The predicted octanol–water partition coefficient (Wildman–Crippen LogP) is 1.35. The second-order valence-electron chi connectivity index (χ2n) is 2.11. The monoisotopic (exact) mass is 169 g/mol. The highest BCUT2D eigenvalue weighted by molar-refractivity contribution is 7.16. The zero-order chi connectivity index (χ0) is 8.43. The Labute approximate surface area is 67.8 Å². The maximum Gasteiger partial charge on any atom is 0.171 e. The summed E-state index contributed by atoms with van der Waals surface area (Å²) in [5.41, 5.74) is 5.84. The fourth-order valence-corrected chi connectivity index (χ4v) is 1.55. The highest BCUT2D eigenvalue weighted by atomic mass is 32.1. The molecule has 0 unspecified atom stereocenters. The number of aldehydes is 1. The Morgan fingerprint density at radius 1 is 1.73 bits per heavy atom. The fourth-order valence-electron chi connectivity index (χ4n) is 0.758. The van der Waals surface area contributed by atoms with Crippen molar-refractivity contribution in [3.63, 3.8) is 0 Å². The van der Waals surface area contributed by atoms with Gasteiger partial charge in [0.15, 0.2) is 12.1 Å². The van der Waals surface area contributed by atoms with E-state index in [1.165, 1.54) is 13.0 Å². The molecule has 0 saturated heterocycles.